The number of halogens is 1. The first kappa shape index (κ1) is 19.3. The van der Waals surface area contributed by atoms with Crippen LogP contribution in [0.1, 0.15) is 37.8 Å². The smallest absolute Gasteiger partial charge is 0.214 e. The highest BCUT2D eigenvalue weighted by Crippen LogP contribution is 2.28. The van der Waals surface area contributed by atoms with E-state index in [1.165, 1.54) is 10.4 Å². The molecule has 152 valence electrons. The molecule has 1 aromatic heterocycles. The maximum Gasteiger partial charge on any atom is 0.214 e. The fourth-order valence-corrected chi connectivity index (χ4v) is 5.84. The van der Waals surface area contributed by atoms with Gasteiger partial charge in [-0.2, -0.15) is 4.31 Å². The van der Waals surface area contributed by atoms with E-state index in [4.69, 9.17) is 0 Å². The Kier molecular flexibility index (Phi) is 5.37. The van der Waals surface area contributed by atoms with Gasteiger partial charge in [0.25, 0.3) is 0 Å². The van der Waals surface area contributed by atoms with Crippen LogP contribution in [0, 0.1) is 11.7 Å². The third-order valence-electron chi connectivity index (χ3n) is 5.85. The molecule has 0 saturated carbocycles. The lowest BCUT2D eigenvalue weighted by molar-refractivity contribution is 0.317. The monoisotopic (exact) mass is 407 g/mol. The van der Waals surface area contributed by atoms with Crippen LogP contribution in [-0.2, 0) is 16.6 Å². The van der Waals surface area contributed by atoms with Gasteiger partial charge in [-0.05, 0) is 37.3 Å². The van der Waals surface area contributed by atoms with Gasteiger partial charge in [-0.3, -0.25) is 0 Å². The summed E-state index contributed by atoms with van der Waals surface area (Å²) in [7, 11) is -3.29. The van der Waals surface area contributed by atoms with Crippen molar-refractivity contribution in [2.45, 2.75) is 38.8 Å². The van der Waals surface area contributed by atoms with Gasteiger partial charge in [-0.25, -0.2) is 12.8 Å². The Hall–Kier alpha value is -2.00. The molecule has 2 aliphatic rings. The maximum absolute atomic E-state index is 14.7. The highest BCUT2D eigenvalue weighted by Gasteiger charge is 2.30. The predicted molar refractivity (Wildman–Crippen MR) is 105 cm³/mol. The van der Waals surface area contributed by atoms with Gasteiger partial charge in [0.15, 0.2) is 0 Å². The van der Waals surface area contributed by atoms with Crippen LogP contribution in [0.5, 0.6) is 0 Å². The van der Waals surface area contributed by atoms with Crippen LogP contribution in [-0.4, -0.2) is 52.9 Å². The van der Waals surface area contributed by atoms with Crippen molar-refractivity contribution in [1.29, 1.82) is 0 Å². The molecule has 0 N–H and O–H groups in total. The normalized spacial score (nSPS) is 23.8. The molecule has 9 heteroatoms. The Morgan fingerprint density at radius 3 is 2.54 bits per heavy atom. The molecule has 2 aromatic rings. The number of hydrogen-bond acceptors (Lipinski definition) is 5. The molecular formula is C19H26FN5O2S. The Balaban J connectivity index is 1.42. The zero-order chi connectivity index (χ0) is 19.7. The van der Waals surface area contributed by atoms with E-state index >= 15 is 0 Å². The topological polar surface area (TPSA) is 71.3 Å². The van der Waals surface area contributed by atoms with E-state index in [0.717, 1.165) is 31.6 Å². The highest BCUT2D eigenvalue weighted by atomic mass is 32.2. The van der Waals surface area contributed by atoms with Crippen LogP contribution < -0.4 is 4.90 Å². The van der Waals surface area contributed by atoms with E-state index in [0.29, 0.717) is 30.5 Å². The van der Waals surface area contributed by atoms with E-state index < -0.39 is 10.0 Å². The number of sulfonamides is 1. The second kappa shape index (κ2) is 7.79. The van der Waals surface area contributed by atoms with Crippen molar-refractivity contribution < 1.29 is 12.8 Å². The van der Waals surface area contributed by atoms with Crippen molar-refractivity contribution in [2.24, 2.45) is 5.92 Å². The third kappa shape index (κ3) is 4.05. The van der Waals surface area contributed by atoms with Crippen molar-refractivity contribution in [3.05, 3.63) is 42.2 Å². The summed E-state index contributed by atoms with van der Waals surface area (Å²) in [6.45, 7) is 4.26. The predicted octanol–water partition coefficient (Wildman–Crippen LogP) is 2.43. The van der Waals surface area contributed by atoms with Gasteiger partial charge >= 0.3 is 0 Å². The fraction of sp³-hybridized carbons (Fsp3) is 0.579. The number of aromatic nitrogens is 3. The van der Waals surface area contributed by atoms with Crippen LogP contribution in [0.4, 0.5) is 10.1 Å². The van der Waals surface area contributed by atoms with Gasteiger partial charge in [0, 0.05) is 43.5 Å². The molecule has 2 aliphatic heterocycles. The third-order valence-corrected chi connectivity index (χ3v) is 7.67. The van der Waals surface area contributed by atoms with Gasteiger partial charge in [-0.15, -0.1) is 10.2 Å². The molecule has 28 heavy (non-hydrogen) atoms. The summed E-state index contributed by atoms with van der Waals surface area (Å²) in [6.07, 6.45) is 6.05. The summed E-state index contributed by atoms with van der Waals surface area (Å²) in [6, 6.07) is 5.54. The van der Waals surface area contributed by atoms with E-state index in [1.54, 1.807) is 18.7 Å². The quantitative estimate of drug-likeness (QED) is 0.779. The Morgan fingerprint density at radius 1 is 1.14 bits per heavy atom. The SMILES string of the molecule is CC1CCS(=O)(=O)N(Cc2ccc(N3CCC(n4cnnc4)CC3)cc2F)C1. The van der Waals surface area contributed by atoms with Gasteiger partial charge in [0.05, 0.1) is 5.75 Å². The lowest BCUT2D eigenvalue weighted by Crippen LogP contribution is -2.41. The molecule has 1 unspecified atom stereocenters. The van der Waals surface area contributed by atoms with Crippen molar-refractivity contribution >= 4 is 15.7 Å². The summed E-state index contributed by atoms with van der Waals surface area (Å²) in [5.41, 5.74) is 1.28. The van der Waals surface area contributed by atoms with Crippen LogP contribution >= 0.6 is 0 Å². The minimum atomic E-state index is -3.29. The molecule has 2 saturated heterocycles. The van der Waals surface area contributed by atoms with E-state index in [-0.39, 0.29) is 18.1 Å². The zero-order valence-electron chi connectivity index (χ0n) is 16.0. The Bertz CT molecular complexity index is 910. The molecule has 0 bridgehead atoms. The number of anilines is 1. The molecule has 0 aliphatic carbocycles. The lowest BCUT2D eigenvalue weighted by atomic mass is 10.0. The lowest BCUT2D eigenvalue weighted by Gasteiger charge is -2.34. The van der Waals surface area contributed by atoms with Gasteiger partial charge < -0.3 is 9.47 Å². The van der Waals surface area contributed by atoms with Crippen LogP contribution in [0.2, 0.25) is 0 Å². The van der Waals surface area contributed by atoms with Crippen molar-refractivity contribution in [2.75, 3.05) is 30.3 Å². The summed E-state index contributed by atoms with van der Waals surface area (Å²) >= 11 is 0. The molecule has 1 aromatic carbocycles. The van der Waals surface area contributed by atoms with Crippen LogP contribution in [0.3, 0.4) is 0 Å². The molecule has 7 nitrogen and oxygen atoms in total. The van der Waals surface area contributed by atoms with Gasteiger partial charge in [-0.1, -0.05) is 13.0 Å². The first-order chi connectivity index (χ1) is 13.4. The summed E-state index contributed by atoms with van der Waals surface area (Å²) in [5.74, 6) is 0.111. The van der Waals surface area contributed by atoms with Crippen molar-refractivity contribution in [3.63, 3.8) is 0 Å². The second-order valence-corrected chi connectivity index (χ2v) is 9.99. The summed E-state index contributed by atoms with van der Waals surface area (Å²) in [5, 5.41) is 7.72. The first-order valence-electron chi connectivity index (χ1n) is 9.78. The minimum absolute atomic E-state index is 0.106. The molecule has 0 amide bonds. The van der Waals surface area contributed by atoms with Gasteiger partial charge in [0.2, 0.25) is 10.0 Å². The summed E-state index contributed by atoms with van der Waals surface area (Å²) < 4.78 is 42.7. The summed E-state index contributed by atoms with van der Waals surface area (Å²) in [4.78, 5) is 2.17. The van der Waals surface area contributed by atoms with E-state index in [1.807, 2.05) is 17.6 Å². The van der Waals surface area contributed by atoms with Crippen LogP contribution in [0.25, 0.3) is 0 Å². The minimum Gasteiger partial charge on any atom is -0.371 e. The Morgan fingerprint density at radius 2 is 1.86 bits per heavy atom. The molecule has 0 radical (unpaired) electrons. The molecule has 0 spiro atoms. The molecule has 4 rings (SSSR count). The number of benzene rings is 1. The number of hydrogen-bond donors (Lipinski definition) is 0. The largest absolute Gasteiger partial charge is 0.371 e. The maximum atomic E-state index is 14.7. The van der Waals surface area contributed by atoms with Crippen molar-refractivity contribution in [3.8, 4) is 0 Å². The standard InChI is InChI=1S/C19H26FN5O2S/c1-15-6-9-28(26,27)25(11-15)12-16-2-3-18(10-19(16)20)23-7-4-17(5-8-23)24-13-21-22-14-24/h2-3,10,13-15,17H,4-9,11-12H2,1H3. The van der Waals surface area contributed by atoms with Crippen molar-refractivity contribution in [1.82, 2.24) is 19.1 Å². The average Bonchev–Trinajstić information content (AvgIpc) is 3.21. The number of rotatable bonds is 4. The Labute approximate surface area is 165 Å². The molecular weight excluding hydrogens is 381 g/mol. The first-order valence-corrected chi connectivity index (χ1v) is 11.4. The molecule has 2 fully saturated rings. The van der Waals surface area contributed by atoms with E-state index in [2.05, 4.69) is 15.1 Å². The number of piperidine rings is 1. The molecule has 3 heterocycles. The molecule has 1 atom stereocenters. The number of nitrogens with zero attached hydrogens (tertiary/aromatic N) is 5. The fourth-order valence-electron chi connectivity index (χ4n) is 4.07. The zero-order valence-corrected chi connectivity index (χ0v) is 16.9. The highest BCUT2D eigenvalue weighted by molar-refractivity contribution is 7.89. The van der Waals surface area contributed by atoms with Crippen LogP contribution in [0.15, 0.2) is 30.9 Å². The average molecular weight is 408 g/mol. The van der Waals surface area contributed by atoms with Gasteiger partial charge in [0.1, 0.15) is 18.5 Å². The van der Waals surface area contributed by atoms with E-state index in [9.17, 15) is 12.8 Å². The second-order valence-electron chi connectivity index (χ2n) is 7.91.